The highest BCUT2D eigenvalue weighted by atomic mass is 79.9. The first-order valence-corrected chi connectivity index (χ1v) is 5.48. The summed E-state index contributed by atoms with van der Waals surface area (Å²) in [5.74, 6) is -0.330. The van der Waals surface area contributed by atoms with Crippen LogP contribution in [0.15, 0.2) is 24.3 Å². The predicted octanol–water partition coefficient (Wildman–Crippen LogP) is 1.98. The van der Waals surface area contributed by atoms with Gasteiger partial charge in [0.25, 0.3) is 0 Å². The third kappa shape index (κ3) is 3.71. The van der Waals surface area contributed by atoms with Crippen molar-refractivity contribution >= 4 is 39.1 Å². The van der Waals surface area contributed by atoms with E-state index in [2.05, 4.69) is 26.6 Å². The molecule has 1 aromatic carbocycles. The molecule has 4 nitrogen and oxygen atoms in total. The Balaban J connectivity index is 2.85. The van der Waals surface area contributed by atoms with E-state index in [-0.39, 0.29) is 17.1 Å². The van der Waals surface area contributed by atoms with Crippen LogP contribution in [0.1, 0.15) is 6.92 Å². The summed E-state index contributed by atoms with van der Waals surface area (Å²) in [7, 11) is 0. The van der Waals surface area contributed by atoms with Crippen LogP contribution in [-0.2, 0) is 9.59 Å². The van der Waals surface area contributed by atoms with Gasteiger partial charge in [-0.3, -0.25) is 9.59 Å². The van der Waals surface area contributed by atoms with Gasteiger partial charge in [0.1, 0.15) is 0 Å². The van der Waals surface area contributed by atoms with Gasteiger partial charge in [-0.25, -0.2) is 0 Å². The Bertz CT molecular complexity index is 379. The van der Waals surface area contributed by atoms with Crippen LogP contribution < -0.4 is 10.6 Å². The quantitative estimate of drug-likeness (QED) is 0.826. The van der Waals surface area contributed by atoms with Crippen molar-refractivity contribution in [1.29, 1.82) is 0 Å². The van der Waals surface area contributed by atoms with Crippen LogP contribution in [0.25, 0.3) is 0 Å². The highest BCUT2D eigenvalue weighted by Crippen LogP contribution is 2.20. The first kappa shape index (κ1) is 11.7. The van der Waals surface area contributed by atoms with Crippen molar-refractivity contribution in [2.45, 2.75) is 6.92 Å². The second-order valence-electron chi connectivity index (χ2n) is 2.91. The molecule has 1 rings (SSSR count). The van der Waals surface area contributed by atoms with Gasteiger partial charge >= 0.3 is 0 Å². The summed E-state index contributed by atoms with van der Waals surface area (Å²) in [5, 5.41) is 5.52. The molecule has 0 radical (unpaired) electrons. The van der Waals surface area contributed by atoms with E-state index in [1.54, 1.807) is 24.3 Å². The van der Waals surface area contributed by atoms with Gasteiger partial charge < -0.3 is 10.6 Å². The second kappa shape index (κ2) is 5.50. The lowest BCUT2D eigenvalue weighted by atomic mass is 10.2. The second-order valence-corrected chi connectivity index (χ2v) is 3.47. The molecular formula is C10H11BrN2O2. The monoisotopic (exact) mass is 270 g/mol. The van der Waals surface area contributed by atoms with E-state index in [4.69, 9.17) is 0 Å². The van der Waals surface area contributed by atoms with E-state index >= 15 is 0 Å². The van der Waals surface area contributed by atoms with Crippen LogP contribution in [0.3, 0.4) is 0 Å². The zero-order chi connectivity index (χ0) is 11.3. The molecule has 0 unspecified atom stereocenters. The first-order valence-electron chi connectivity index (χ1n) is 4.36. The number of halogens is 1. The topological polar surface area (TPSA) is 58.2 Å². The first-order chi connectivity index (χ1) is 7.13. The molecule has 80 valence electrons. The van der Waals surface area contributed by atoms with E-state index in [0.29, 0.717) is 11.4 Å². The Kier molecular flexibility index (Phi) is 4.30. The Morgan fingerprint density at radius 2 is 1.73 bits per heavy atom. The van der Waals surface area contributed by atoms with Crippen molar-refractivity contribution in [3.63, 3.8) is 0 Å². The summed E-state index contributed by atoms with van der Waals surface area (Å²) in [6.07, 6.45) is 0. The maximum Gasteiger partial charge on any atom is 0.235 e. The van der Waals surface area contributed by atoms with Gasteiger partial charge in [0.15, 0.2) is 0 Å². The normalized spacial score (nSPS) is 9.47. The fourth-order valence-corrected chi connectivity index (χ4v) is 1.21. The minimum absolute atomic E-state index is 0.159. The number of alkyl halides is 1. The fraction of sp³-hybridized carbons (Fsp3) is 0.200. The lowest BCUT2D eigenvalue weighted by Crippen LogP contribution is -2.15. The predicted molar refractivity (Wildman–Crippen MR) is 63.2 cm³/mol. The average molecular weight is 271 g/mol. The number of carbonyl (C=O) groups is 2. The maximum absolute atomic E-state index is 11.1. The molecule has 2 N–H and O–H groups in total. The van der Waals surface area contributed by atoms with Gasteiger partial charge in [0.2, 0.25) is 11.8 Å². The highest BCUT2D eigenvalue weighted by Gasteiger charge is 2.05. The SMILES string of the molecule is CC(=O)Nc1ccccc1NC(=O)CBr. The molecule has 0 saturated heterocycles. The average Bonchev–Trinajstić information content (AvgIpc) is 2.20. The number of hydrogen-bond donors (Lipinski definition) is 2. The summed E-state index contributed by atoms with van der Waals surface area (Å²) in [6, 6.07) is 7.03. The number of para-hydroxylation sites is 2. The molecule has 5 heteroatoms. The van der Waals surface area contributed by atoms with Crippen molar-refractivity contribution in [1.82, 2.24) is 0 Å². The van der Waals surface area contributed by atoms with Crippen LogP contribution in [0.4, 0.5) is 11.4 Å². The Morgan fingerprint density at radius 3 is 2.20 bits per heavy atom. The summed E-state index contributed by atoms with van der Waals surface area (Å²) in [5.41, 5.74) is 1.19. The number of rotatable bonds is 3. The van der Waals surface area contributed by atoms with E-state index in [1.165, 1.54) is 6.92 Å². The Labute approximate surface area is 96.2 Å². The molecule has 0 fully saturated rings. The molecule has 0 atom stereocenters. The number of benzene rings is 1. The lowest BCUT2D eigenvalue weighted by molar-refractivity contribution is -0.115. The minimum atomic E-state index is -0.171. The maximum atomic E-state index is 11.1. The van der Waals surface area contributed by atoms with Crippen LogP contribution in [0, 0.1) is 0 Å². The minimum Gasteiger partial charge on any atom is -0.325 e. The van der Waals surface area contributed by atoms with Gasteiger partial charge in [-0.2, -0.15) is 0 Å². The summed E-state index contributed by atoms with van der Waals surface area (Å²) in [4.78, 5) is 22.0. The number of anilines is 2. The summed E-state index contributed by atoms with van der Waals surface area (Å²) in [6.45, 7) is 1.42. The number of carbonyl (C=O) groups excluding carboxylic acids is 2. The van der Waals surface area contributed by atoms with Gasteiger partial charge in [0.05, 0.1) is 16.7 Å². The molecule has 0 bridgehead atoms. The van der Waals surface area contributed by atoms with E-state index in [9.17, 15) is 9.59 Å². The lowest BCUT2D eigenvalue weighted by Gasteiger charge is -2.09. The zero-order valence-electron chi connectivity index (χ0n) is 8.21. The van der Waals surface area contributed by atoms with E-state index < -0.39 is 0 Å². The van der Waals surface area contributed by atoms with Crippen molar-refractivity contribution in [2.75, 3.05) is 16.0 Å². The molecular weight excluding hydrogens is 260 g/mol. The summed E-state index contributed by atoms with van der Waals surface area (Å²) >= 11 is 3.05. The smallest absolute Gasteiger partial charge is 0.235 e. The van der Waals surface area contributed by atoms with E-state index in [1.807, 2.05) is 0 Å². The van der Waals surface area contributed by atoms with Crippen molar-refractivity contribution in [3.8, 4) is 0 Å². The molecule has 0 saturated carbocycles. The van der Waals surface area contributed by atoms with Crippen LogP contribution in [-0.4, -0.2) is 17.1 Å². The van der Waals surface area contributed by atoms with Crippen LogP contribution in [0.5, 0.6) is 0 Å². The van der Waals surface area contributed by atoms with Gasteiger partial charge in [-0.1, -0.05) is 28.1 Å². The third-order valence-electron chi connectivity index (χ3n) is 1.63. The van der Waals surface area contributed by atoms with Crippen molar-refractivity contribution in [2.24, 2.45) is 0 Å². The Hall–Kier alpha value is -1.36. The molecule has 0 spiro atoms. The van der Waals surface area contributed by atoms with Crippen molar-refractivity contribution < 1.29 is 9.59 Å². The third-order valence-corrected chi connectivity index (χ3v) is 2.14. The highest BCUT2D eigenvalue weighted by molar-refractivity contribution is 9.09. The molecule has 0 aliphatic heterocycles. The number of amides is 2. The molecule has 0 aromatic heterocycles. The van der Waals surface area contributed by atoms with Gasteiger partial charge in [-0.05, 0) is 12.1 Å². The number of hydrogen-bond acceptors (Lipinski definition) is 2. The molecule has 1 aromatic rings. The zero-order valence-corrected chi connectivity index (χ0v) is 9.80. The molecule has 2 amide bonds. The van der Waals surface area contributed by atoms with Crippen LogP contribution in [0.2, 0.25) is 0 Å². The summed E-state index contributed by atoms with van der Waals surface area (Å²) < 4.78 is 0. The van der Waals surface area contributed by atoms with Crippen LogP contribution >= 0.6 is 15.9 Å². The van der Waals surface area contributed by atoms with Gasteiger partial charge in [-0.15, -0.1) is 0 Å². The fourth-order valence-electron chi connectivity index (χ4n) is 1.07. The molecule has 0 heterocycles. The molecule has 0 aliphatic rings. The van der Waals surface area contributed by atoms with E-state index in [0.717, 1.165) is 0 Å². The largest absolute Gasteiger partial charge is 0.325 e. The molecule has 15 heavy (non-hydrogen) atoms. The Morgan fingerprint density at radius 1 is 1.20 bits per heavy atom. The van der Waals surface area contributed by atoms with Crippen molar-refractivity contribution in [3.05, 3.63) is 24.3 Å². The molecule has 0 aliphatic carbocycles. The van der Waals surface area contributed by atoms with Gasteiger partial charge in [0, 0.05) is 6.92 Å². The number of nitrogens with one attached hydrogen (secondary N) is 2. The standard InChI is InChI=1S/C10H11BrN2O2/c1-7(14)12-8-4-2-3-5-9(8)13-10(15)6-11/h2-5H,6H2,1H3,(H,12,14)(H,13,15).